The number of hydrogen-bond donors (Lipinski definition) is 3. The molecule has 5 aliphatic rings. The van der Waals surface area contributed by atoms with Crippen LogP contribution >= 0.6 is 0 Å². The second-order valence-corrected chi connectivity index (χ2v) is 20.6. The molecule has 4 heterocycles. The number of amides is 2. The Morgan fingerprint density at radius 1 is 0.861 bits per heavy atom. The van der Waals surface area contributed by atoms with Gasteiger partial charge in [-0.2, -0.15) is 5.06 Å². The summed E-state index contributed by atoms with van der Waals surface area (Å²) in [6.45, 7) is 8.62. The van der Waals surface area contributed by atoms with Crippen LogP contribution < -0.4 is 10.6 Å². The number of cyclic esters (lactones) is 1. The SMILES string of the molecule is CC(C)(C)OC(=O)CC[C@@H](CO)NC(=O)c1cccc(CNC(=O)[C@@]23C[C@H]4OC(=O)[C@@H]2N(Cc2ccc(C=CC(=O)O[C@H]5C(=O)OCC5(C)C)cc2)O[C@@H]3[C@H]2OC(c3ccccc3)(c3ccccc3)O[C@H]24)c1. The van der Waals surface area contributed by atoms with E-state index in [2.05, 4.69) is 10.6 Å². The van der Waals surface area contributed by atoms with Crippen molar-refractivity contribution in [3.63, 3.8) is 0 Å². The van der Waals surface area contributed by atoms with Gasteiger partial charge in [0.15, 0.2) is 6.04 Å². The number of aliphatic hydroxyl groups excluding tert-OH is 1. The Balaban J connectivity index is 0.964. The lowest BCUT2D eigenvalue weighted by Crippen LogP contribution is -2.69. The number of rotatable bonds is 16. The molecule has 4 saturated heterocycles. The molecule has 3 N–H and O–H groups in total. The molecule has 0 unspecified atom stereocenters. The molecule has 9 rings (SSSR count). The Hall–Kier alpha value is -6.76. The highest BCUT2D eigenvalue weighted by Gasteiger charge is 2.76. The highest BCUT2D eigenvalue weighted by atomic mass is 16.8. The molecule has 4 aliphatic heterocycles. The monoisotopic (exact) mass is 985 g/mol. The molecule has 4 aromatic rings. The Kier molecular flexibility index (Phi) is 14.0. The summed E-state index contributed by atoms with van der Waals surface area (Å²) in [6, 6.07) is 30.7. The maximum atomic E-state index is 15.2. The van der Waals surface area contributed by atoms with Gasteiger partial charge in [-0.1, -0.05) is 111 Å². The first-order valence-electron chi connectivity index (χ1n) is 24.1. The molecule has 4 aromatic carbocycles. The molecule has 1 saturated carbocycles. The zero-order valence-electron chi connectivity index (χ0n) is 40.7. The summed E-state index contributed by atoms with van der Waals surface area (Å²) in [6.07, 6.45) is -1.71. The van der Waals surface area contributed by atoms with Crippen LogP contribution in [0.4, 0.5) is 0 Å². The van der Waals surface area contributed by atoms with Gasteiger partial charge in [0.2, 0.25) is 17.8 Å². The molecular weight excluding hydrogens is 927 g/mol. The van der Waals surface area contributed by atoms with Crippen molar-refractivity contribution >= 4 is 41.8 Å². The van der Waals surface area contributed by atoms with Gasteiger partial charge in [-0.3, -0.25) is 24.0 Å². The first kappa shape index (κ1) is 50.2. The largest absolute Gasteiger partial charge is 0.462 e. The predicted octanol–water partition coefficient (Wildman–Crippen LogP) is 5.21. The number of aliphatic hydroxyl groups is 1. The number of fused-ring (bicyclic) bond motifs is 4. The second-order valence-electron chi connectivity index (χ2n) is 20.6. The maximum Gasteiger partial charge on any atom is 0.348 e. The van der Waals surface area contributed by atoms with Crippen LogP contribution in [-0.2, 0) is 76.1 Å². The van der Waals surface area contributed by atoms with Crippen LogP contribution in [0.2, 0.25) is 0 Å². The number of esters is 4. The summed E-state index contributed by atoms with van der Waals surface area (Å²) in [5.74, 6) is -4.81. The van der Waals surface area contributed by atoms with Crippen molar-refractivity contribution in [3.05, 3.63) is 149 Å². The Labute approximate surface area is 417 Å². The molecule has 72 heavy (non-hydrogen) atoms. The van der Waals surface area contributed by atoms with Crippen molar-refractivity contribution in [2.24, 2.45) is 10.8 Å². The Morgan fingerprint density at radius 3 is 2.18 bits per heavy atom. The van der Waals surface area contributed by atoms with Gasteiger partial charge in [-0.05, 0) is 62.1 Å². The topological polar surface area (TPSA) is 215 Å². The summed E-state index contributed by atoms with van der Waals surface area (Å²) < 4.78 is 36.2. The van der Waals surface area contributed by atoms with E-state index in [0.29, 0.717) is 27.8 Å². The van der Waals surface area contributed by atoms with Gasteiger partial charge < -0.3 is 44.2 Å². The van der Waals surface area contributed by atoms with Crippen molar-refractivity contribution in [3.8, 4) is 0 Å². The van der Waals surface area contributed by atoms with Crippen LogP contribution in [0.3, 0.4) is 0 Å². The summed E-state index contributed by atoms with van der Waals surface area (Å²) in [5, 5.41) is 17.4. The maximum absolute atomic E-state index is 15.2. The van der Waals surface area contributed by atoms with Crippen molar-refractivity contribution in [1.82, 2.24) is 15.7 Å². The molecule has 5 fully saturated rings. The quantitative estimate of drug-likeness (QED) is 0.0747. The number of hydrogen-bond acceptors (Lipinski definition) is 15. The van der Waals surface area contributed by atoms with Gasteiger partial charge in [0.25, 0.3) is 5.91 Å². The molecule has 0 aromatic heterocycles. The number of benzene rings is 4. The molecular formula is C55H59N3O14. The zero-order valence-corrected chi connectivity index (χ0v) is 40.7. The lowest BCUT2D eigenvalue weighted by molar-refractivity contribution is -0.213. The van der Waals surface area contributed by atoms with Crippen molar-refractivity contribution in [2.45, 2.75) is 121 Å². The van der Waals surface area contributed by atoms with Crippen LogP contribution in [0.1, 0.15) is 92.1 Å². The van der Waals surface area contributed by atoms with E-state index in [9.17, 15) is 29.1 Å². The van der Waals surface area contributed by atoms with Crippen LogP contribution in [-0.4, -0.2) is 107 Å². The van der Waals surface area contributed by atoms with E-state index < -0.39 is 107 Å². The normalized spacial score (nSPS) is 26.2. The number of ether oxygens (including phenoxy) is 6. The van der Waals surface area contributed by atoms with E-state index in [1.165, 1.54) is 11.1 Å². The van der Waals surface area contributed by atoms with Gasteiger partial charge in [-0.15, -0.1) is 0 Å². The molecule has 17 heteroatoms. The number of nitrogens with zero attached hydrogens (tertiary/aromatic N) is 1. The van der Waals surface area contributed by atoms with Crippen LogP contribution in [0.25, 0.3) is 6.08 Å². The number of nitrogens with one attached hydrogen (secondary N) is 2. The summed E-state index contributed by atoms with van der Waals surface area (Å²) >= 11 is 0. The third-order valence-corrected chi connectivity index (χ3v) is 13.7. The minimum atomic E-state index is -1.55. The summed E-state index contributed by atoms with van der Waals surface area (Å²) in [7, 11) is 0. The third kappa shape index (κ3) is 10.0. The fourth-order valence-electron chi connectivity index (χ4n) is 10.2. The number of hydroxylamine groups is 2. The molecule has 2 bridgehead atoms. The number of carbonyl (C=O) groups excluding carboxylic acids is 6. The van der Waals surface area contributed by atoms with E-state index in [4.69, 9.17) is 33.3 Å². The number of carbonyl (C=O) groups is 6. The van der Waals surface area contributed by atoms with Gasteiger partial charge in [0.05, 0.1) is 19.2 Å². The third-order valence-electron chi connectivity index (χ3n) is 13.7. The zero-order chi connectivity index (χ0) is 51.0. The average Bonchev–Trinajstić information content (AvgIpc) is 4.02. The van der Waals surface area contributed by atoms with Gasteiger partial charge in [0.1, 0.15) is 42.0 Å². The van der Waals surface area contributed by atoms with Crippen LogP contribution in [0.15, 0.2) is 115 Å². The van der Waals surface area contributed by atoms with Crippen molar-refractivity contribution in [2.75, 3.05) is 13.2 Å². The first-order chi connectivity index (χ1) is 34.4. The van der Waals surface area contributed by atoms with Crippen molar-refractivity contribution in [1.29, 1.82) is 0 Å². The fourth-order valence-corrected chi connectivity index (χ4v) is 10.2. The molecule has 8 atom stereocenters. The fraction of sp³-hybridized carbons (Fsp3) is 0.418. The van der Waals surface area contributed by atoms with E-state index >= 15 is 4.79 Å². The van der Waals surface area contributed by atoms with E-state index in [1.807, 2.05) is 60.7 Å². The lowest BCUT2D eigenvalue weighted by Gasteiger charge is -2.48. The van der Waals surface area contributed by atoms with Gasteiger partial charge in [0, 0.05) is 47.6 Å². The highest BCUT2D eigenvalue weighted by Crippen LogP contribution is 2.59. The second kappa shape index (κ2) is 20.0. The standard InChI is InChI=1S/C55H59N3O14/c1-52(2,3)69-42(61)26-24-39(31-59)57-48(62)36-14-12-13-35(27-36)29-56-51(65)54-28-40-43-44(71-55(70-43,37-15-8-6-9-16-37)38-17-10-7-11-18-38)46(54)72-58(45(54)49(63)67-40)30-34-21-19-33(20-22-34)23-25-41(60)68-47-50(64)66-32-53(47,4)5/h6-23,25,27,39-40,43-47,59H,24,26,28-32H2,1-5H3,(H,56,65)(H,57,62)/t39-,40+,43-,44-,45-,46+,47-,54-/m0/s1. The van der Waals surface area contributed by atoms with Gasteiger partial charge >= 0.3 is 23.9 Å². The van der Waals surface area contributed by atoms with E-state index in [-0.39, 0.29) is 44.5 Å². The van der Waals surface area contributed by atoms with Gasteiger partial charge in [-0.25, -0.2) is 9.59 Å². The smallest absolute Gasteiger partial charge is 0.348 e. The van der Waals surface area contributed by atoms with E-state index in [1.54, 1.807) is 89.2 Å². The molecule has 17 nitrogen and oxygen atoms in total. The summed E-state index contributed by atoms with van der Waals surface area (Å²) in [5.41, 5.74) is 0.728. The molecule has 0 radical (unpaired) electrons. The molecule has 0 spiro atoms. The minimum absolute atomic E-state index is 0.00260. The molecule has 1 aliphatic carbocycles. The summed E-state index contributed by atoms with van der Waals surface area (Å²) in [4.78, 5) is 87.2. The van der Waals surface area contributed by atoms with Crippen LogP contribution in [0.5, 0.6) is 0 Å². The first-order valence-corrected chi connectivity index (χ1v) is 24.1. The molecule has 2 amide bonds. The van der Waals surface area contributed by atoms with Crippen molar-refractivity contribution < 1.29 is 67.1 Å². The Bertz CT molecular complexity index is 2680. The highest BCUT2D eigenvalue weighted by molar-refractivity contribution is 5.95. The van der Waals surface area contributed by atoms with Crippen LogP contribution in [0, 0.1) is 10.8 Å². The average molecular weight is 986 g/mol. The predicted molar refractivity (Wildman–Crippen MR) is 256 cm³/mol. The Morgan fingerprint density at radius 2 is 1.54 bits per heavy atom. The minimum Gasteiger partial charge on any atom is -0.462 e. The molecule has 378 valence electrons. The lowest BCUT2D eigenvalue weighted by atomic mass is 9.62. The van der Waals surface area contributed by atoms with E-state index in [0.717, 1.165) is 0 Å².